The molecule has 0 spiro atoms. The van der Waals surface area contributed by atoms with Crippen LogP contribution in [0.5, 0.6) is 5.75 Å². The van der Waals surface area contributed by atoms with Gasteiger partial charge in [0.2, 0.25) is 0 Å². The molecule has 0 saturated heterocycles. The zero-order chi connectivity index (χ0) is 13.8. The van der Waals surface area contributed by atoms with E-state index in [-0.39, 0.29) is 0 Å². The molecule has 2 aromatic rings. The molecule has 3 nitrogen and oxygen atoms in total. The first kappa shape index (κ1) is 14.4. The Bertz CT molecular complexity index is 569. The minimum absolute atomic E-state index is 0.469. The molecule has 19 heavy (non-hydrogen) atoms. The number of aryl methyl sites for hydroxylation is 2. The summed E-state index contributed by atoms with van der Waals surface area (Å²) in [5.74, 6) is 0.700. The van der Waals surface area contributed by atoms with E-state index in [1.165, 1.54) is 0 Å². The van der Waals surface area contributed by atoms with Crippen LogP contribution in [0.4, 0.5) is 0 Å². The van der Waals surface area contributed by atoms with Crippen molar-refractivity contribution in [3.63, 3.8) is 0 Å². The Kier molecular flexibility index (Phi) is 4.88. The lowest BCUT2D eigenvalue weighted by molar-refractivity contribution is 0.295. The lowest BCUT2D eigenvalue weighted by Gasteiger charge is -2.09. The van der Waals surface area contributed by atoms with E-state index in [2.05, 4.69) is 34.0 Å². The second-order valence-electron chi connectivity index (χ2n) is 4.29. The smallest absolute Gasteiger partial charge is 0.138 e. The summed E-state index contributed by atoms with van der Waals surface area (Å²) >= 11 is 9.58. The predicted octanol–water partition coefficient (Wildman–Crippen LogP) is 4.11. The Morgan fingerprint density at radius 1 is 1.37 bits per heavy atom. The van der Waals surface area contributed by atoms with Gasteiger partial charge < -0.3 is 4.74 Å². The van der Waals surface area contributed by atoms with Crippen molar-refractivity contribution in [2.45, 2.75) is 25.3 Å². The van der Waals surface area contributed by atoms with E-state index >= 15 is 0 Å². The molecule has 0 N–H and O–H groups in total. The maximum absolute atomic E-state index is 6.18. The van der Waals surface area contributed by atoms with Gasteiger partial charge in [-0.05, 0) is 30.2 Å². The van der Waals surface area contributed by atoms with Crippen LogP contribution in [0.3, 0.4) is 0 Å². The summed E-state index contributed by atoms with van der Waals surface area (Å²) in [4.78, 5) is 0. The number of ether oxygens (including phenoxy) is 1. The van der Waals surface area contributed by atoms with Gasteiger partial charge in [0, 0.05) is 12.4 Å². The van der Waals surface area contributed by atoms with Gasteiger partial charge in [-0.1, -0.05) is 40.5 Å². The van der Waals surface area contributed by atoms with Crippen molar-refractivity contribution in [3.05, 3.63) is 46.2 Å². The number of hydrogen-bond acceptors (Lipinski definition) is 2. The SMILES string of the molecule is CCc1cc(COc2ccc(CBr)cc2Cl)n(C)n1. The van der Waals surface area contributed by atoms with Gasteiger partial charge in [0.1, 0.15) is 12.4 Å². The molecular formula is C14H16BrClN2O. The molecule has 2 rings (SSSR count). The van der Waals surface area contributed by atoms with Crippen molar-refractivity contribution in [3.8, 4) is 5.75 Å². The predicted molar refractivity (Wildman–Crippen MR) is 81.0 cm³/mol. The van der Waals surface area contributed by atoms with Crippen LogP contribution in [-0.4, -0.2) is 9.78 Å². The summed E-state index contributed by atoms with van der Waals surface area (Å²) in [5, 5.41) is 5.81. The van der Waals surface area contributed by atoms with Crippen LogP contribution in [0.15, 0.2) is 24.3 Å². The molecule has 0 fully saturated rings. The average molecular weight is 344 g/mol. The molecule has 0 radical (unpaired) electrons. The van der Waals surface area contributed by atoms with Crippen LogP contribution in [0, 0.1) is 0 Å². The first-order valence-electron chi connectivity index (χ1n) is 6.13. The summed E-state index contributed by atoms with van der Waals surface area (Å²) in [6.45, 7) is 2.56. The van der Waals surface area contributed by atoms with Crippen molar-refractivity contribution in [2.75, 3.05) is 0 Å². The maximum atomic E-state index is 6.18. The lowest BCUT2D eigenvalue weighted by Crippen LogP contribution is -2.03. The number of hydrogen-bond donors (Lipinski definition) is 0. The summed E-state index contributed by atoms with van der Waals surface area (Å²) in [5.41, 5.74) is 3.24. The van der Waals surface area contributed by atoms with Gasteiger partial charge in [-0.3, -0.25) is 4.68 Å². The Morgan fingerprint density at radius 3 is 2.74 bits per heavy atom. The lowest BCUT2D eigenvalue weighted by atomic mass is 10.2. The molecule has 1 aromatic heterocycles. The van der Waals surface area contributed by atoms with Crippen LogP contribution in [-0.2, 0) is 25.4 Å². The second kappa shape index (κ2) is 6.44. The Morgan fingerprint density at radius 2 is 2.16 bits per heavy atom. The molecule has 1 aromatic carbocycles. The van der Waals surface area contributed by atoms with Gasteiger partial charge in [-0.25, -0.2) is 0 Å². The van der Waals surface area contributed by atoms with Gasteiger partial charge in [-0.15, -0.1) is 0 Å². The summed E-state index contributed by atoms with van der Waals surface area (Å²) < 4.78 is 7.60. The summed E-state index contributed by atoms with van der Waals surface area (Å²) in [6.07, 6.45) is 0.925. The third-order valence-electron chi connectivity index (χ3n) is 2.92. The van der Waals surface area contributed by atoms with Crippen molar-refractivity contribution in [2.24, 2.45) is 7.05 Å². The van der Waals surface area contributed by atoms with Crippen molar-refractivity contribution < 1.29 is 4.74 Å². The van der Waals surface area contributed by atoms with E-state index in [4.69, 9.17) is 16.3 Å². The van der Waals surface area contributed by atoms with E-state index < -0.39 is 0 Å². The van der Waals surface area contributed by atoms with Gasteiger partial charge in [0.05, 0.1) is 16.4 Å². The molecule has 0 saturated carbocycles. The number of alkyl halides is 1. The first-order chi connectivity index (χ1) is 9.13. The highest BCUT2D eigenvalue weighted by molar-refractivity contribution is 9.08. The monoisotopic (exact) mass is 342 g/mol. The third-order valence-corrected chi connectivity index (χ3v) is 3.86. The molecule has 0 atom stereocenters. The quantitative estimate of drug-likeness (QED) is 0.764. The fourth-order valence-corrected chi connectivity index (χ4v) is 2.38. The van der Waals surface area contributed by atoms with Crippen LogP contribution >= 0.6 is 27.5 Å². The minimum atomic E-state index is 0.469. The summed E-state index contributed by atoms with van der Waals surface area (Å²) in [7, 11) is 1.92. The number of halogens is 2. The van der Waals surface area contributed by atoms with Gasteiger partial charge in [-0.2, -0.15) is 5.10 Å². The van der Waals surface area contributed by atoms with E-state index in [9.17, 15) is 0 Å². The molecule has 102 valence electrons. The fourth-order valence-electron chi connectivity index (χ4n) is 1.78. The van der Waals surface area contributed by atoms with Gasteiger partial charge >= 0.3 is 0 Å². The largest absolute Gasteiger partial charge is 0.486 e. The van der Waals surface area contributed by atoms with Crippen molar-refractivity contribution in [1.29, 1.82) is 0 Å². The van der Waals surface area contributed by atoms with E-state index in [0.717, 1.165) is 28.7 Å². The first-order valence-corrected chi connectivity index (χ1v) is 7.63. The molecule has 0 amide bonds. The number of nitrogens with zero attached hydrogens (tertiary/aromatic N) is 2. The molecular weight excluding hydrogens is 328 g/mol. The maximum Gasteiger partial charge on any atom is 0.138 e. The van der Waals surface area contributed by atoms with Gasteiger partial charge in [0.15, 0.2) is 0 Å². The zero-order valence-electron chi connectivity index (χ0n) is 11.0. The van der Waals surface area contributed by atoms with Crippen molar-refractivity contribution in [1.82, 2.24) is 9.78 Å². The topological polar surface area (TPSA) is 27.1 Å². The average Bonchev–Trinajstić information content (AvgIpc) is 2.78. The van der Waals surface area contributed by atoms with Crippen LogP contribution < -0.4 is 4.74 Å². The molecule has 0 aliphatic rings. The van der Waals surface area contributed by atoms with Crippen molar-refractivity contribution >= 4 is 27.5 Å². The van der Waals surface area contributed by atoms with E-state index in [1.54, 1.807) is 0 Å². The van der Waals surface area contributed by atoms with Crippen LogP contribution in [0.25, 0.3) is 0 Å². The Balaban J connectivity index is 2.07. The Hall–Kier alpha value is -1.00. The molecule has 0 bridgehead atoms. The second-order valence-corrected chi connectivity index (χ2v) is 5.26. The van der Waals surface area contributed by atoms with E-state index in [1.807, 2.05) is 29.9 Å². The third kappa shape index (κ3) is 3.51. The zero-order valence-corrected chi connectivity index (χ0v) is 13.3. The Labute approximate surface area is 126 Å². The van der Waals surface area contributed by atoms with E-state index in [0.29, 0.717) is 17.4 Å². The highest BCUT2D eigenvalue weighted by atomic mass is 79.9. The highest BCUT2D eigenvalue weighted by Gasteiger charge is 2.07. The molecule has 0 aliphatic heterocycles. The summed E-state index contributed by atoms with van der Waals surface area (Å²) in [6, 6.07) is 7.86. The van der Waals surface area contributed by atoms with Gasteiger partial charge in [0.25, 0.3) is 0 Å². The minimum Gasteiger partial charge on any atom is -0.486 e. The molecule has 0 aliphatic carbocycles. The number of rotatable bonds is 5. The van der Waals surface area contributed by atoms with Crippen LogP contribution in [0.2, 0.25) is 5.02 Å². The number of benzene rings is 1. The highest BCUT2D eigenvalue weighted by Crippen LogP contribution is 2.27. The number of aromatic nitrogens is 2. The fraction of sp³-hybridized carbons (Fsp3) is 0.357. The molecule has 1 heterocycles. The molecule has 5 heteroatoms. The normalized spacial score (nSPS) is 10.7. The van der Waals surface area contributed by atoms with Crippen LogP contribution in [0.1, 0.15) is 23.9 Å². The molecule has 0 unspecified atom stereocenters. The standard InChI is InChI=1S/C14H16BrClN2O/c1-3-11-7-12(18(2)17-11)9-19-14-5-4-10(8-15)6-13(14)16/h4-7H,3,8-9H2,1-2H3.